The summed E-state index contributed by atoms with van der Waals surface area (Å²) in [6, 6.07) is 0. The van der Waals surface area contributed by atoms with E-state index in [1.54, 1.807) is 0 Å². The minimum absolute atomic E-state index is 0.0929. The number of rotatable bonds is 10. The van der Waals surface area contributed by atoms with Gasteiger partial charge in [-0.1, -0.05) is 12.2 Å². The second-order valence-electron chi connectivity index (χ2n) is 3.17. The van der Waals surface area contributed by atoms with E-state index in [0.29, 0.717) is 0 Å². The Morgan fingerprint density at radius 2 is 1.43 bits per heavy atom. The van der Waals surface area contributed by atoms with Gasteiger partial charge in [0.1, 0.15) is 0 Å². The second kappa shape index (κ2) is 10.5. The van der Waals surface area contributed by atoms with E-state index in [2.05, 4.69) is 13.2 Å². The topological polar surface area (TPSA) is 18.5 Å². The number of allylic oxidation sites excluding steroid dienone is 2. The van der Waals surface area contributed by atoms with E-state index in [1.807, 2.05) is 19.0 Å². The average molecular weight is 196 g/mol. The molecule has 0 saturated heterocycles. The van der Waals surface area contributed by atoms with Gasteiger partial charge in [0.2, 0.25) is 0 Å². The highest BCUT2D eigenvalue weighted by atomic mass is 16.6. The van der Waals surface area contributed by atoms with Crippen LogP contribution in [0.4, 0.5) is 0 Å². The predicted molar refractivity (Wildman–Crippen MR) is 62.4 cm³/mol. The zero-order valence-electron chi connectivity index (χ0n) is 9.21. The molecule has 0 aliphatic rings. The molecular weight excluding hydrogens is 175 g/mol. The first-order chi connectivity index (χ1) is 6.81. The lowest BCUT2D eigenvalue weighted by atomic mass is 9.95. The monoisotopic (exact) mass is 196 g/mol. The van der Waals surface area contributed by atoms with Gasteiger partial charge in [-0.05, 0) is 32.5 Å². The third-order valence-corrected chi connectivity index (χ3v) is 1.81. The fourth-order valence-electron chi connectivity index (χ4n) is 1.00. The first-order valence-corrected chi connectivity index (χ1v) is 5.26. The summed E-state index contributed by atoms with van der Waals surface area (Å²) < 4.78 is 10.9. The largest absolute Gasteiger partial charge is 0.453 e. The van der Waals surface area contributed by atoms with E-state index in [4.69, 9.17) is 9.31 Å². The summed E-state index contributed by atoms with van der Waals surface area (Å²) >= 11 is 0. The summed E-state index contributed by atoms with van der Waals surface area (Å²) in [5.41, 5.74) is 0. The van der Waals surface area contributed by atoms with Crippen LogP contribution in [-0.4, -0.2) is 20.3 Å². The summed E-state index contributed by atoms with van der Waals surface area (Å²) in [5, 5.41) is 0. The molecule has 0 N–H and O–H groups in total. The van der Waals surface area contributed by atoms with Crippen molar-refractivity contribution in [1.82, 2.24) is 0 Å². The highest BCUT2D eigenvalue weighted by Gasteiger charge is 2.08. The van der Waals surface area contributed by atoms with Crippen LogP contribution in [0, 0.1) is 0 Å². The minimum atomic E-state index is -0.0929. The van der Waals surface area contributed by atoms with Gasteiger partial charge in [-0.2, -0.15) is 0 Å². The maximum absolute atomic E-state index is 5.43. The normalized spacial score (nSPS) is 9.79. The van der Waals surface area contributed by atoms with E-state index < -0.39 is 0 Å². The Morgan fingerprint density at radius 1 is 1.00 bits per heavy atom. The maximum Gasteiger partial charge on any atom is 0.453 e. The molecule has 3 heteroatoms. The Bertz CT molecular complexity index is 132. The Balaban J connectivity index is 3.14. The molecule has 0 spiro atoms. The average Bonchev–Trinajstić information content (AvgIpc) is 2.19. The van der Waals surface area contributed by atoms with E-state index in [1.165, 1.54) is 0 Å². The van der Waals surface area contributed by atoms with Gasteiger partial charge in [0.05, 0.1) is 0 Å². The molecule has 0 heterocycles. The van der Waals surface area contributed by atoms with E-state index >= 15 is 0 Å². The molecule has 0 saturated carbocycles. The van der Waals surface area contributed by atoms with Gasteiger partial charge in [0, 0.05) is 13.2 Å². The quantitative estimate of drug-likeness (QED) is 0.303. The molecule has 80 valence electrons. The van der Waals surface area contributed by atoms with Gasteiger partial charge in [-0.25, -0.2) is 0 Å². The molecule has 0 aliphatic carbocycles. The lowest BCUT2D eigenvalue weighted by Gasteiger charge is -2.09. The first kappa shape index (κ1) is 13.5. The van der Waals surface area contributed by atoms with Crippen molar-refractivity contribution < 1.29 is 9.31 Å². The van der Waals surface area contributed by atoms with Crippen molar-refractivity contribution in [2.45, 2.75) is 32.5 Å². The molecule has 0 fully saturated rings. The Hall–Kier alpha value is -0.535. The molecule has 0 radical (unpaired) electrons. The standard InChI is InChI=1S/C11H21BO2/c1-4-6-8-10-13-12(3)14-11-9-7-5-2/h4-5H,1-2,6-11H2,3H3. The SMILES string of the molecule is C=CCCCOB(C)OCCCC=C. The zero-order valence-corrected chi connectivity index (χ0v) is 9.21. The van der Waals surface area contributed by atoms with Crippen molar-refractivity contribution in [3.05, 3.63) is 25.3 Å². The molecule has 14 heavy (non-hydrogen) atoms. The number of hydrogen-bond donors (Lipinski definition) is 0. The number of unbranched alkanes of at least 4 members (excludes halogenated alkanes) is 2. The number of hydrogen-bond acceptors (Lipinski definition) is 2. The van der Waals surface area contributed by atoms with E-state index in [-0.39, 0.29) is 7.12 Å². The van der Waals surface area contributed by atoms with Crippen molar-refractivity contribution >= 4 is 7.12 Å². The Morgan fingerprint density at radius 3 is 1.79 bits per heavy atom. The van der Waals surface area contributed by atoms with Crippen LogP contribution in [0.3, 0.4) is 0 Å². The molecule has 2 nitrogen and oxygen atoms in total. The molecule has 0 aliphatic heterocycles. The lowest BCUT2D eigenvalue weighted by Crippen LogP contribution is -2.19. The fraction of sp³-hybridized carbons (Fsp3) is 0.636. The van der Waals surface area contributed by atoms with Gasteiger partial charge in [0.15, 0.2) is 0 Å². The molecular formula is C11H21BO2. The van der Waals surface area contributed by atoms with Gasteiger partial charge in [-0.3, -0.25) is 0 Å². The minimum Gasteiger partial charge on any atom is -0.411 e. The van der Waals surface area contributed by atoms with Gasteiger partial charge >= 0.3 is 7.12 Å². The molecule has 0 amide bonds. The Kier molecular flexibility index (Phi) is 10.1. The highest BCUT2D eigenvalue weighted by Crippen LogP contribution is 1.97. The molecule has 0 aromatic carbocycles. The van der Waals surface area contributed by atoms with Gasteiger partial charge in [-0.15, -0.1) is 13.2 Å². The fourth-order valence-corrected chi connectivity index (χ4v) is 1.00. The van der Waals surface area contributed by atoms with Crippen LogP contribution in [-0.2, 0) is 9.31 Å². The summed E-state index contributed by atoms with van der Waals surface area (Å²) in [6.07, 6.45) is 7.85. The maximum atomic E-state index is 5.43. The lowest BCUT2D eigenvalue weighted by molar-refractivity contribution is 0.198. The summed E-state index contributed by atoms with van der Waals surface area (Å²) in [7, 11) is -0.0929. The molecule has 0 unspecified atom stereocenters. The van der Waals surface area contributed by atoms with Crippen molar-refractivity contribution in [3.63, 3.8) is 0 Å². The van der Waals surface area contributed by atoms with Crippen LogP contribution in [0.25, 0.3) is 0 Å². The molecule has 0 rings (SSSR count). The van der Waals surface area contributed by atoms with Crippen LogP contribution in [0.1, 0.15) is 25.7 Å². The Labute approximate surface area is 88.1 Å². The van der Waals surface area contributed by atoms with Crippen LogP contribution < -0.4 is 0 Å². The predicted octanol–water partition coefficient (Wildman–Crippen LogP) is 3.07. The van der Waals surface area contributed by atoms with Crippen LogP contribution >= 0.6 is 0 Å². The summed E-state index contributed by atoms with van der Waals surface area (Å²) in [4.78, 5) is 0. The molecule has 0 aromatic heterocycles. The zero-order chi connectivity index (χ0) is 10.6. The van der Waals surface area contributed by atoms with Crippen molar-refractivity contribution in [3.8, 4) is 0 Å². The smallest absolute Gasteiger partial charge is 0.411 e. The first-order valence-electron chi connectivity index (χ1n) is 5.26. The van der Waals surface area contributed by atoms with E-state index in [9.17, 15) is 0 Å². The summed E-state index contributed by atoms with van der Waals surface area (Å²) in [5.74, 6) is 0. The molecule has 0 atom stereocenters. The van der Waals surface area contributed by atoms with Crippen LogP contribution in [0.5, 0.6) is 0 Å². The molecule has 0 aromatic rings. The third-order valence-electron chi connectivity index (χ3n) is 1.81. The van der Waals surface area contributed by atoms with Crippen molar-refractivity contribution in [2.75, 3.05) is 13.2 Å². The summed E-state index contributed by atoms with van der Waals surface area (Å²) in [6.45, 7) is 10.7. The van der Waals surface area contributed by atoms with Gasteiger partial charge in [0.25, 0.3) is 0 Å². The van der Waals surface area contributed by atoms with Crippen LogP contribution in [0.2, 0.25) is 6.82 Å². The van der Waals surface area contributed by atoms with Crippen molar-refractivity contribution in [1.29, 1.82) is 0 Å². The third kappa shape index (κ3) is 9.55. The van der Waals surface area contributed by atoms with Gasteiger partial charge < -0.3 is 9.31 Å². The van der Waals surface area contributed by atoms with Crippen molar-refractivity contribution in [2.24, 2.45) is 0 Å². The van der Waals surface area contributed by atoms with Crippen LogP contribution in [0.15, 0.2) is 25.3 Å². The van der Waals surface area contributed by atoms with E-state index in [0.717, 1.165) is 38.9 Å². The second-order valence-corrected chi connectivity index (χ2v) is 3.17. The highest BCUT2D eigenvalue weighted by molar-refractivity contribution is 6.42. The molecule has 0 bridgehead atoms.